The van der Waals surface area contributed by atoms with Gasteiger partial charge in [0, 0.05) is 12.6 Å². The molecule has 6 nitrogen and oxygen atoms in total. The Morgan fingerprint density at radius 1 is 1.12 bits per heavy atom. The van der Waals surface area contributed by atoms with Gasteiger partial charge in [-0.15, -0.1) is 0 Å². The molecule has 0 saturated carbocycles. The van der Waals surface area contributed by atoms with Gasteiger partial charge >= 0.3 is 5.97 Å². The van der Waals surface area contributed by atoms with Gasteiger partial charge in [0.15, 0.2) is 0 Å². The minimum absolute atomic E-state index is 0.193. The Morgan fingerprint density at radius 2 is 1.84 bits per heavy atom. The monoisotopic (exact) mass is 344 g/mol. The second kappa shape index (κ2) is 8.05. The quantitative estimate of drug-likeness (QED) is 0.846. The van der Waals surface area contributed by atoms with E-state index in [1.54, 1.807) is 18.2 Å². The summed E-state index contributed by atoms with van der Waals surface area (Å²) in [6.45, 7) is 0.953. The first-order valence-electron chi connectivity index (χ1n) is 7.43. The second-order valence-corrected chi connectivity index (χ2v) is 5.17. The predicted molar refractivity (Wildman–Crippen MR) is 90.8 cm³/mol. The summed E-state index contributed by atoms with van der Waals surface area (Å²) in [6.07, 6.45) is 0. The number of nitrogens with one attached hydrogen (secondary N) is 1. The van der Waals surface area contributed by atoms with Crippen LogP contribution >= 0.6 is 0 Å². The Balaban J connectivity index is 2.18. The van der Waals surface area contributed by atoms with E-state index in [1.165, 1.54) is 38.3 Å². The van der Waals surface area contributed by atoms with E-state index in [0.29, 0.717) is 0 Å². The first-order chi connectivity index (χ1) is 11.9. The standard InChI is InChI=1S/C18H17FN2O4/c1-12(22)21(14-7-5-6-13(19)10-14)11-17(23)20-16-9-4-3-8-15(16)18(24)25-2/h3-10H,11H2,1-2H3,(H,20,23). The van der Waals surface area contributed by atoms with Crippen molar-refractivity contribution in [2.75, 3.05) is 23.9 Å². The Bertz CT molecular complexity index is 807. The van der Waals surface area contributed by atoms with E-state index in [4.69, 9.17) is 0 Å². The van der Waals surface area contributed by atoms with Gasteiger partial charge in [-0.3, -0.25) is 9.59 Å². The minimum atomic E-state index is -0.593. The van der Waals surface area contributed by atoms with Crippen molar-refractivity contribution < 1.29 is 23.5 Å². The Labute approximate surface area is 144 Å². The molecule has 130 valence electrons. The number of para-hydroxylation sites is 1. The van der Waals surface area contributed by atoms with Crippen molar-refractivity contribution >= 4 is 29.2 Å². The van der Waals surface area contributed by atoms with Crippen LogP contribution in [0.15, 0.2) is 48.5 Å². The average Bonchev–Trinajstić information content (AvgIpc) is 2.59. The van der Waals surface area contributed by atoms with Gasteiger partial charge < -0.3 is 15.0 Å². The molecule has 0 aromatic heterocycles. The molecule has 2 rings (SSSR count). The molecule has 0 fully saturated rings. The SMILES string of the molecule is COC(=O)c1ccccc1NC(=O)CN(C(C)=O)c1cccc(F)c1. The van der Waals surface area contributed by atoms with Crippen molar-refractivity contribution in [3.63, 3.8) is 0 Å². The Hall–Kier alpha value is -3.22. The number of esters is 1. The highest BCUT2D eigenvalue weighted by Crippen LogP contribution is 2.18. The number of methoxy groups -OCH3 is 1. The van der Waals surface area contributed by atoms with Crippen molar-refractivity contribution in [3.8, 4) is 0 Å². The number of amides is 2. The van der Waals surface area contributed by atoms with Gasteiger partial charge in [0.1, 0.15) is 12.4 Å². The number of rotatable bonds is 5. The van der Waals surface area contributed by atoms with Gasteiger partial charge in [0.2, 0.25) is 11.8 Å². The molecule has 0 heterocycles. The van der Waals surface area contributed by atoms with E-state index in [9.17, 15) is 18.8 Å². The number of hydrogen-bond donors (Lipinski definition) is 1. The van der Waals surface area contributed by atoms with E-state index < -0.39 is 23.6 Å². The van der Waals surface area contributed by atoms with E-state index >= 15 is 0 Å². The number of benzene rings is 2. The molecular weight excluding hydrogens is 327 g/mol. The lowest BCUT2D eigenvalue weighted by Crippen LogP contribution is -2.37. The number of hydrogen-bond acceptors (Lipinski definition) is 4. The van der Waals surface area contributed by atoms with Crippen molar-refractivity contribution in [1.29, 1.82) is 0 Å². The fourth-order valence-corrected chi connectivity index (χ4v) is 2.24. The van der Waals surface area contributed by atoms with Gasteiger partial charge in [-0.25, -0.2) is 9.18 Å². The number of nitrogens with zero attached hydrogens (tertiary/aromatic N) is 1. The maximum absolute atomic E-state index is 13.4. The summed E-state index contributed by atoms with van der Waals surface area (Å²) in [6, 6.07) is 11.7. The first kappa shape index (κ1) is 18.1. The van der Waals surface area contributed by atoms with Gasteiger partial charge in [0.25, 0.3) is 0 Å². The van der Waals surface area contributed by atoms with E-state index in [1.807, 2.05) is 0 Å². The molecule has 0 spiro atoms. The van der Waals surface area contributed by atoms with Gasteiger partial charge in [-0.2, -0.15) is 0 Å². The topological polar surface area (TPSA) is 75.7 Å². The molecule has 0 saturated heterocycles. The second-order valence-electron chi connectivity index (χ2n) is 5.17. The number of carbonyl (C=O) groups excluding carboxylic acids is 3. The zero-order chi connectivity index (χ0) is 18.4. The largest absolute Gasteiger partial charge is 0.465 e. The molecule has 1 N–H and O–H groups in total. The molecule has 2 aromatic rings. The molecule has 25 heavy (non-hydrogen) atoms. The highest BCUT2D eigenvalue weighted by atomic mass is 19.1. The molecule has 0 aliphatic heterocycles. The zero-order valence-corrected chi connectivity index (χ0v) is 13.8. The Kier molecular flexibility index (Phi) is 5.84. The highest BCUT2D eigenvalue weighted by Gasteiger charge is 2.18. The van der Waals surface area contributed by atoms with Crippen LogP contribution in [0.1, 0.15) is 17.3 Å². The third kappa shape index (κ3) is 4.63. The molecule has 0 aliphatic rings. The molecule has 0 unspecified atom stereocenters. The fraction of sp³-hybridized carbons (Fsp3) is 0.167. The molecular formula is C18H17FN2O4. The van der Waals surface area contributed by atoms with E-state index in [0.717, 1.165) is 11.0 Å². The summed E-state index contributed by atoms with van der Waals surface area (Å²) in [4.78, 5) is 37.0. The maximum Gasteiger partial charge on any atom is 0.339 e. The summed E-state index contributed by atoms with van der Waals surface area (Å²) in [7, 11) is 1.24. The number of ether oxygens (including phenoxy) is 1. The summed E-state index contributed by atoms with van der Waals surface area (Å²) in [5, 5.41) is 2.57. The van der Waals surface area contributed by atoms with Crippen molar-refractivity contribution in [2.24, 2.45) is 0 Å². The lowest BCUT2D eigenvalue weighted by molar-refractivity contribution is -0.120. The minimum Gasteiger partial charge on any atom is -0.465 e. The van der Waals surface area contributed by atoms with Gasteiger partial charge in [0.05, 0.1) is 18.4 Å². The van der Waals surface area contributed by atoms with E-state index in [-0.39, 0.29) is 23.5 Å². The molecule has 2 aromatic carbocycles. The first-order valence-corrected chi connectivity index (χ1v) is 7.43. The summed E-state index contributed by atoms with van der Waals surface area (Å²) >= 11 is 0. The molecule has 0 aliphatic carbocycles. The highest BCUT2D eigenvalue weighted by molar-refractivity contribution is 6.05. The van der Waals surface area contributed by atoms with Crippen molar-refractivity contribution in [1.82, 2.24) is 0 Å². The summed E-state index contributed by atoms with van der Waals surface area (Å²) in [5.74, 6) is -2.05. The van der Waals surface area contributed by atoms with Crippen LogP contribution in [0, 0.1) is 5.82 Å². The third-order valence-electron chi connectivity index (χ3n) is 3.41. The molecule has 0 bridgehead atoms. The van der Waals surface area contributed by atoms with Crippen molar-refractivity contribution in [2.45, 2.75) is 6.92 Å². The third-order valence-corrected chi connectivity index (χ3v) is 3.41. The number of anilines is 2. The number of halogens is 1. The smallest absolute Gasteiger partial charge is 0.339 e. The van der Waals surface area contributed by atoms with Crippen LogP contribution in [0.25, 0.3) is 0 Å². The van der Waals surface area contributed by atoms with Crippen LogP contribution in [0.2, 0.25) is 0 Å². The van der Waals surface area contributed by atoms with E-state index in [2.05, 4.69) is 10.1 Å². The van der Waals surface area contributed by atoms with Gasteiger partial charge in [-0.05, 0) is 30.3 Å². The molecule has 0 atom stereocenters. The molecule has 7 heteroatoms. The lowest BCUT2D eigenvalue weighted by Gasteiger charge is -2.21. The lowest BCUT2D eigenvalue weighted by atomic mass is 10.2. The normalized spacial score (nSPS) is 10.0. The van der Waals surface area contributed by atoms with Crippen LogP contribution in [0.5, 0.6) is 0 Å². The van der Waals surface area contributed by atoms with Crippen LogP contribution in [0.4, 0.5) is 15.8 Å². The molecule has 0 radical (unpaired) electrons. The van der Waals surface area contributed by atoms with Crippen LogP contribution < -0.4 is 10.2 Å². The maximum atomic E-state index is 13.4. The fourth-order valence-electron chi connectivity index (χ4n) is 2.24. The number of carbonyl (C=O) groups is 3. The zero-order valence-electron chi connectivity index (χ0n) is 13.8. The molecule has 2 amide bonds. The average molecular weight is 344 g/mol. The van der Waals surface area contributed by atoms with Crippen molar-refractivity contribution in [3.05, 3.63) is 59.9 Å². The van der Waals surface area contributed by atoms with Crippen LogP contribution in [-0.2, 0) is 14.3 Å². The predicted octanol–water partition coefficient (Wildman–Crippen LogP) is 2.60. The van der Waals surface area contributed by atoms with Gasteiger partial charge in [-0.1, -0.05) is 18.2 Å². The summed E-state index contributed by atoms with van der Waals surface area (Å²) < 4.78 is 18.0. The van der Waals surface area contributed by atoms with Crippen LogP contribution in [-0.4, -0.2) is 31.4 Å². The van der Waals surface area contributed by atoms with Crippen LogP contribution in [0.3, 0.4) is 0 Å². The summed E-state index contributed by atoms with van der Waals surface area (Å²) in [5.41, 5.74) is 0.726. The Morgan fingerprint density at radius 3 is 2.48 bits per heavy atom.